The summed E-state index contributed by atoms with van der Waals surface area (Å²) < 4.78 is 17.5. The molecule has 0 aliphatic carbocycles. The van der Waals surface area contributed by atoms with Crippen LogP contribution in [0.15, 0.2) is 47.6 Å². The van der Waals surface area contributed by atoms with Crippen LogP contribution in [0.4, 0.5) is 0 Å². The number of amides is 1. The Morgan fingerprint density at radius 2 is 1.97 bits per heavy atom. The summed E-state index contributed by atoms with van der Waals surface area (Å²) in [5.74, 6) is 2.11. The van der Waals surface area contributed by atoms with Crippen LogP contribution in [0.5, 0.6) is 17.2 Å². The molecule has 0 saturated carbocycles. The van der Waals surface area contributed by atoms with Gasteiger partial charge in [-0.25, -0.2) is 4.68 Å². The summed E-state index contributed by atoms with van der Waals surface area (Å²) in [5.41, 5.74) is 1.97. The minimum atomic E-state index is -0.361. The lowest BCUT2D eigenvalue weighted by Crippen LogP contribution is -2.30. The lowest BCUT2D eigenvalue weighted by Gasteiger charge is -2.12. The van der Waals surface area contributed by atoms with Gasteiger partial charge in [0.05, 0.1) is 18.9 Å². The van der Waals surface area contributed by atoms with E-state index in [0.29, 0.717) is 24.0 Å². The van der Waals surface area contributed by atoms with Gasteiger partial charge in [-0.2, -0.15) is 0 Å². The highest BCUT2D eigenvalue weighted by Crippen LogP contribution is 2.32. The first kappa shape index (κ1) is 20.0. The molecule has 1 aliphatic rings. The van der Waals surface area contributed by atoms with Crippen LogP contribution in [0, 0.1) is 0 Å². The smallest absolute Gasteiger partial charge is 0.233 e. The fourth-order valence-electron chi connectivity index (χ4n) is 2.88. The molecule has 1 aliphatic heterocycles. The van der Waals surface area contributed by atoms with E-state index in [9.17, 15) is 4.79 Å². The molecule has 0 saturated heterocycles. The summed E-state index contributed by atoms with van der Waals surface area (Å²) in [6.45, 7) is 2.96. The maximum Gasteiger partial charge on any atom is 0.233 e. The minimum absolute atomic E-state index is 0.100. The number of fused-ring (bicyclic) bond motifs is 1. The third kappa shape index (κ3) is 4.65. The number of nitrogens with one attached hydrogen (secondary N) is 1. The van der Waals surface area contributed by atoms with Crippen molar-refractivity contribution in [1.29, 1.82) is 0 Å². The first-order chi connectivity index (χ1) is 14.6. The lowest BCUT2D eigenvalue weighted by atomic mass is 10.2. The number of nitrogens with zero attached hydrogens (tertiary/aromatic N) is 4. The van der Waals surface area contributed by atoms with Gasteiger partial charge >= 0.3 is 0 Å². The molecule has 0 fully saturated rings. The SMILES string of the molecule is COc1ccc(Cn2nnnc2S[C@@H](C)C(=O)NCc2ccc3c(c2)OCO3)cc1. The standard InChI is InChI=1S/C20H21N5O4S/c1-13(19(26)21-10-15-5-8-17-18(9-15)29-12-28-17)30-20-22-23-24-25(20)11-14-3-6-16(27-2)7-4-14/h3-9,13H,10-12H2,1-2H3,(H,21,26)/t13-/m0/s1. The van der Waals surface area contributed by atoms with Crippen LogP contribution < -0.4 is 19.5 Å². The third-order valence-electron chi connectivity index (χ3n) is 4.55. The van der Waals surface area contributed by atoms with E-state index in [1.807, 2.05) is 49.4 Å². The van der Waals surface area contributed by atoms with E-state index in [2.05, 4.69) is 20.8 Å². The normalized spacial score (nSPS) is 13.1. The molecule has 1 aromatic heterocycles. The Kier molecular flexibility index (Phi) is 6.03. The number of thioether (sulfide) groups is 1. The largest absolute Gasteiger partial charge is 0.497 e. The Hall–Kier alpha value is -3.27. The molecular weight excluding hydrogens is 406 g/mol. The molecule has 0 unspecified atom stereocenters. The highest BCUT2D eigenvalue weighted by Gasteiger charge is 2.19. The molecular formula is C20H21N5O4S. The number of ether oxygens (including phenoxy) is 3. The Labute approximate surface area is 177 Å². The first-order valence-corrected chi connectivity index (χ1v) is 10.2. The van der Waals surface area contributed by atoms with Crippen molar-refractivity contribution < 1.29 is 19.0 Å². The highest BCUT2D eigenvalue weighted by molar-refractivity contribution is 8.00. The fraction of sp³-hybridized carbons (Fsp3) is 0.300. The van der Waals surface area contributed by atoms with E-state index in [4.69, 9.17) is 14.2 Å². The Bertz CT molecular complexity index is 1020. The molecule has 9 nitrogen and oxygen atoms in total. The number of hydrogen-bond acceptors (Lipinski definition) is 8. The molecule has 2 heterocycles. The van der Waals surface area contributed by atoms with Gasteiger partial charge in [0.25, 0.3) is 0 Å². The average molecular weight is 427 g/mol. The molecule has 2 aromatic carbocycles. The zero-order valence-corrected chi connectivity index (χ0v) is 17.4. The van der Waals surface area contributed by atoms with Crippen LogP contribution in [0.2, 0.25) is 0 Å². The number of carbonyl (C=O) groups is 1. The van der Waals surface area contributed by atoms with Crippen LogP contribution in [0.1, 0.15) is 18.1 Å². The predicted octanol–water partition coefficient (Wildman–Crippen LogP) is 2.26. The van der Waals surface area contributed by atoms with Crippen LogP contribution >= 0.6 is 11.8 Å². The summed E-state index contributed by atoms with van der Waals surface area (Å²) in [5, 5.41) is 15.0. The van der Waals surface area contributed by atoms with Gasteiger partial charge in [0.15, 0.2) is 11.5 Å². The zero-order valence-electron chi connectivity index (χ0n) is 16.6. The van der Waals surface area contributed by atoms with Crippen molar-refractivity contribution >= 4 is 17.7 Å². The van der Waals surface area contributed by atoms with Crippen LogP contribution in [-0.2, 0) is 17.9 Å². The Morgan fingerprint density at radius 3 is 2.77 bits per heavy atom. The van der Waals surface area contributed by atoms with Gasteiger partial charge in [-0.1, -0.05) is 30.0 Å². The number of hydrogen-bond donors (Lipinski definition) is 1. The quantitative estimate of drug-likeness (QED) is 0.547. The number of rotatable bonds is 8. The molecule has 4 rings (SSSR count). The monoisotopic (exact) mass is 427 g/mol. The summed E-state index contributed by atoms with van der Waals surface area (Å²) in [7, 11) is 1.63. The molecule has 1 amide bonds. The second-order valence-electron chi connectivity index (χ2n) is 6.63. The van der Waals surface area contributed by atoms with Crippen molar-refractivity contribution in [2.45, 2.75) is 30.4 Å². The fourth-order valence-corrected chi connectivity index (χ4v) is 3.69. The first-order valence-electron chi connectivity index (χ1n) is 9.34. The second kappa shape index (κ2) is 9.04. The van der Waals surface area contributed by atoms with Gasteiger partial charge < -0.3 is 19.5 Å². The molecule has 0 spiro atoms. The van der Waals surface area contributed by atoms with Crippen LogP contribution in [-0.4, -0.2) is 45.3 Å². The number of carbonyl (C=O) groups excluding carboxylic acids is 1. The number of tetrazole rings is 1. The van der Waals surface area contributed by atoms with Crippen molar-refractivity contribution in [3.63, 3.8) is 0 Å². The Balaban J connectivity index is 1.32. The topological polar surface area (TPSA) is 100 Å². The van der Waals surface area contributed by atoms with Crippen molar-refractivity contribution in [3.8, 4) is 17.2 Å². The maximum absolute atomic E-state index is 12.5. The van der Waals surface area contributed by atoms with E-state index >= 15 is 0 Å². The maximum atomic E-state index is 12.5. The van der Waals surface area contributed by atoms with Crippen LogP contribution in [0.25, 0.3) is 0 Å². The van der Waals surface area contributed by atoms with Crippen molar-refractivity contribution in [2.75, 3.05) is 13.9 Å². The van der Waals surface area contributed by atoms with E-state index < -0.39 is 0 Å². The second-order valence-corrected chi connectivity index (χ2v) is 7.94. The summed E-state index contributed by atoms with van der Waals surface area (Å²) >= 11 is 1.31. The Morgan fingerprint density at radius 1 is 1.20 bits per heavy atom. The number of benzene rings is 2. The molecule has 0 bridgehead atoms. The number of aromatic nitrogens is 4. The van der Waals surface area contributed by atoms with Gasteiger partial charge in [0, 0.05) is 6.54 Å². The molecule has 156 valence electrons. The molecule has 1 N–H and O–H groups in total. The zero-order chi connectivity index (χ0) is 20.9. The number of methoxy groups -OCH3 is 1. The van der Waals surface area contributed by atoms with Crippen LogP contribution in [0.3, 0.4) is 0 Å². The van der Waals surface area contributed by atoms with Gasteiger partial charge in [-0.15, -0.1) is 5.10 Å². The molecule has 10 heteroatoms. The van der Waals surface area contributed by atoms with Crippen molar-refractivity contribution in [2.24, 2.45) is 0 Å². The lowest BCUT2D eigenvalue weighted by molar-refractivity contribution is -0.120. The minimum Gasteiger partial charge on any atom is -0.497 e. The third-order valence-corrected chi connectivity index (χ3v) is 5.62. The van der Waals surface area contributed by atoms with Gasteiger partial charge in [0.2, 0.25) is 17.9 Å². The molecule has 1 atom stereocenters. The molecule has 0 radical (unpaired) electrons. The highest BCUT2D eigenvalue weighted by atomic mass is 32.2. The van der Waals surface area contributed by atoms with E-state index in [0.717, 1.165) is 22.6 Å². The average Bonchev–Trinajstić information content (AvgIpc) is 3.41. The van der Waals surface area contributed by atoms with Gasteiger partial charge in [-0.05, 0) is 52.7 Å². The van der Waals surface area contributed by atoms with Gasteiger partial charge in [-0.3, -0.25) is 4.79 Å². The predicted molar refractivity (Wildman–Crippen MR) is 110 cm³/mol. The van der Waals surface area contributed by atoms with E-state index in [1.165, 1.54) is 11.8 Å². The van der Waals surface area contributed by atoms with Crippen molar-refractivity contribution in [3.05, 3.63) is 53.6 Å². The summed E-state index contributed by atoms with van der Waals surface area (Å²) in [6.07, 6.45) is 0. The van der Waals surface area contributed by atoms with E-state index in [-0.39, 0.29) is 18.0 Å². The molecule has 3 aromatic rings. The van der Waals surface area contributed by atoms with Gasteiger partial charge in [0.1, 0.15) is 5.75 Å². The van der Waals surface area contributed by atoms with Crippen molar-refractivity contribution in [1.82, 2.24) is 25.5 Å². The van der Waals surface area contributed by atoms with E-state index in [1.54, 1.807) is 11.8 Å². The molecule has 30 heavy (non-hydrogen) atoms. The summed E-state index contributed by atoms with van der Waals surface area (Å²) in [6, 6.07) is 13.3. The summed E-state index contributed by atoms with van der Waals surface area (Å²) in [4.78, 5) is 12.5.